The van der Waals surface area contributed by atoms with Gasteiger partial charge in [-0.25, -0.2) is 0 Å². The van der Waals surface area contributed by atoms with Crippen molar-refractivity contribution >= 4 is 35.3 Å². The number of carbonyl (C=O) groups excluding carboxylic acids is 4. The lowest BCUT2D eigenvalue weighted by molar-refractivity contribution is -0.136. The van der Waals surface area contributed by atoms with Gasteiger partial charge < -0.3 is 20.7 Å². The van der Waals surface area contributed by atoms with Crippen molar-refractivity contribution in [1.29, 1.82) is 0 Å². The monoisotopic (exact) mass is 501 g/mol. The number of carbonyl (C=O) groups is 4. The first-order valence-electron chi connectivity index (χ1n) is 12.4. The Kier molecular flexibility index (Phi) is 16.9. The molecule has 0 bridgehead atoms. The molecule has 0 aromatic carbocycles. The lowest BCUT2D eigenvalue weighted by atomic mass is 9.97. The number of unbranched alkanes of at least 4 members (excludes halogenated alkanes) is 2. The maximum absolute atomic E-state index is 13.2. The summed E-state index contributed by atoms with van der Waals surface area (Å²) in [6.07, 6.45) is 5.29. The highest BCUT2D eigenvalue weighted by atomic mass is 32.2. The van der Waals surface area contributed by atoms with Crippen molar-refractivity contribution in [3.8, 4) is 0 Å². The number of Topliss-reactive ketones (excluding diaryl/α,β-unsaturated/α-hetero) is 1. The van der Waals surface area contributed by atoms with E-state index in [1.165, 1.54) is 7.11 Å². The summed E-state index contributed by atoms with van der Waals surface area (Å²) in [6.45, 7) is 11.4. The van der Waals surface area contributed by atoms with Crippen LogP contribution in [0.2, 0.25) is 0 Å². The van der Waals surface area contributed by atoms with E-state index in [0.29, 0.717) is 25.0 Å². The van der Waals surface area contributed by atoms with Gasteiger partial charge in [-0.3, -0.25) is 19.2 Å². The van der Waals surface area contributed by atoms with E-state index >= 15 is 0 Å². The largest absolute Gasteiger partial charge is 0.374 e. The third-order valence-electron chi connectivity index (χ3n) is 5.64. The van der Waals surface area contributed by atoms with Crippen LogP contribution in [0.5, 0.6) is 0 Å². The minimum absolute atomic E-state index is 0.141. The van der Waals surface area contributed by atoms with E-state index < -0.39 is 36.0 Å². The van der Waals surface area contributed by atoms with E-state index in [0.717, 1.165) is 19.3 Å². The van der Waals surface area contributed by atoms with Crippen LogP contribution in [-0.2, 0) is 23.9 Å². The van der Waals surface area contributed by atoms with E-state index in [1.54, 1.807) is 18.7 Å². The quantitative estimate of drug-likeness (QED) is 0.249. The molecule has 0 rings (SSSR count). The molecule has 9 heteroatoms. The molecule has 0 saturated carbocycles. The molecule has 8 nitrogen and oxygen atoms in total. The number of ketones is 1. The Hall–Kier alpha value is -1.61. The van der Waals surface area contributed by atoms with Gasteiger partial charge in [0.05, 0.1) is 6.04 Å². The van der Waals surface area contributed by atoms with Gasteiger partial charge in [-0.05, 0) is 50.0 Å². The minimum Gasteiger partial charge on any atom is -0.374 e. The van der Waals surface area contributed by atoms with Crippen molar-refractivity contribution in [3.63, 3.8) is 0 Å². The van der Waals surface area contributed by atoms with Crippen LogP contribution in [0.15, 0.2) is 0 Å². The molecule has 3 N–H and O–H groups in total. The number of ether oxygens (including phenoxy) is 1. The molecular formula is C25H47N3O5S. The summed E-state index contributed by atoms with van der Waals surface area (Å²) < 4.78 is 5.16. The number of hydrogen-bond acceptors (Lipinski definition) is 6. The zero-order valence-electron chi connectivity index (χ0n) is 22.4. The number of thioether (sulfide) groups is 1. The molecule has 0 heterocycles. The van der Waals surface area contributed by atoms with Crippen LogP contribution < -0.4 is 16.0 Å². The van der Waals surface area contributed by atoms with E-state index in [2.05, 4.69) is 22.9 Å². The van der Waals surface area contributed by atoms with Gasteiger partial charge in [0.15, 0.2) is 5.78 Å². The molecule has 1 unspecified atom stereocenters. The molecular weight excluding hydrogens is 454 g/mol. The second kappa shape index (κ2) is 17.8. The van der Waals surface area contributed by atoms with Gasteiger partial charge >= 0.3 is 0 Å². The minimum atomic E-state index is -0.807. The van der Waals surface area contributed by atoms with Crippen molar-refractivity contribution in [2.45, 2.75) is 104 Å². The van der Waals surface area contributed by atoms with Gasteiger partial charge in [-0.2, -0.15) is 11.8 Å². The first-order valence-corrected chi connectivity index (χ1v) is 13.8. The van der Waals surface area contributed by atoms with Crippen LogP contribution in [-0.4, -0.2) is 66.9 Å². The second-order valence-electron chi connectivity index (χ2n) is 9.56. The summed E-state index contributed by atoms with van der Waals surface area (Å²) in [6, 6.07) is -2.24. The molecule has 198 valence electrons. The Morgan fingerprint density at radius 1 is 0.882 bits per heavy atom. The predicted octanol–water partition coefficient (Wildman–Crippen LogP) is 3.08. The number of hydrogen-bond donors (Lipinski definition) is 3. The Morgan fingerprint density at radius 3 is 2.00 bits per heavy atom. The molecule has 0 aromatic rings. The number of rotatable bonds is 18. The van der Waals surface area contributed by atoms with Gasteiger partial charge in [-0.15, -0.1) is 0 Å². The van der Waals surface area contributed by atoms with Gasteiger partial charge in [-0.1, -0.05) is 47.5 Å². The molecule has 0 aliphatic heterocycles. The highest BCUT2D eigenvalue weighted by Gasteiger charge is 2.32. The molecule has 34 heavy (non-hydrogen) atoms. The summed E-state index contributed by atoms with van der Waals surface area (Å²) >= 11 is 1.57. The number of nitrogens with one attached hydrogen (secondary N) is 3. The van der Waals surface area contributed by atoms with Crippen molar-refractivity contribution in [2.75, 3.05) is 19.1 Å². The van der Waals surface area contributed by atoms with Crippen LogP contribution in [0.25, 0.3) is 0 Å². The maximum Gasteiger partial charge on any atom is 0.243 e. The average Bonchev–Trinajstić information content (AvgIpc) is 2.77. The molecule has 0 saturated heterocycles. The summed E-state index contributed by atoms with van der Waals surface area (Å²) in [5, 5.41) is 8.49. The van der Waals surface area contributed by atoms with Crippen LogP contribution in [0.4, 0.5) is 0 Å². The molecule has 0 aliphatic carbocycles. The fourth-order valence-electron chi connectivity index (χ4n) is 3.47. The first-order chi connectivity index (χ1) is 16.0. The third-order valence-corrected chi connectivity index (χ3v) is 6.28. The predicted molar refractivity (Wildman–Crippen MR) is 139 cm³/mol. The van der Waals surface area contributed by atoms with E-state index in [1.807, 2.05) is 34.0 Å². The van der Waals surface area contributed by atoms with E-state index in [-0.39, 0.29) is 23.5 Å². The van der Waals surface area contributed by atoms with Crippen LogP contribution in [0.3, 0.4) is 0 Å². The summed E-state index contributed by atoms with van der Waals surface area (Å²) in [5.74, 6) is -0.449. The third kappa shape index (κ3) is 12.7. The Bertz CT molecular complexity index is 642. The topological polar surface area (TPSA) is 114 Å². The van der Waals surface area contributed by atoms with Gasteiger partial charge in [0.25, 0.3) is 0 Å². The SMILES string of the molecule is CCCCCC(=O)N[C@H](C(=O)N[C@@H](CCSC)C(=O)N[C@@H](CC(C)C)C(=O)C(C)OC)C(C)C. The fourth-order valence-corrected chi connectivity index (χ4v) is 3.94. The second-order valence-corrected chi connectivity index (χ2v) is 10.5. The molecule has 0 fully saturated rings. The van der Waals surface area contributed by atoms with Crippen LogP contribution in [0, 0.1) is 11.8 Å². The van der Waals surface area contributed by atoms with Crippen molar-refractivity contribution in [2.24, 2.45) is 11.8 Å². The van der Waals surface area contributed by atoms with Crippen molar-refractivity contribution in [1.82, 2.24) is 16.0 Å². The molecule has 0 aliphatic rings. The smallest absolute Gasteiger partial charge is 0.243 e. The van der Waals surface area contributed by atoms with Gasteiger partial charge in [0, 0.05) is 13.5 Å². The van der Waals surface area contributed by atoms with Crippen LogP contribution in [0.1, 0.15) is 80.1 Å². The molecule has 0 radical (unpaired) electrons. The highest BCUT2D eigenvalue weighted by molar-refractivity contribution is 7.98. The molecule has 0 aromatic heterocycles. The van der Waals surface area contributed by atoms with E-state index in [9.17, 15) is 19.2 Å². The lowest BCUT2D eigenvalue weighted by Crippen LogP contribution is -2.57. The zero-order chi connectivity index (χ0) is 26.3. The Labute approximate surface area is 210 Å². The van der Waals surface area contributed by atoms with Gasteiger partial charge in [0.1, 0.15) is 18.2 Å². The fraction of sp³-hybridized carbons (Fsp3) is 0.840. The molecule has 0 spiro atoms. The van der Waals surface area contributed by atoms with E-state index in [4.69, 9.17) is 4.74 Å². The van der Waals surface area contributed by atoms with Crippen LogP contribution >= 0.6 is 11.8 Å². The lowest BCUT2D eigenvalue weighted by Gasteiger charge is -2.27. The van der Waals surface area contributed by atoms with Gasteiger partial charge in [0.2, 0.25) is 17.7 Å². The first kappa shape index (κ1) is 32.4. The van der Waals surface area contributed by atoms with Crippen molar-refractivity contribution in [3.05, 3.63) is 0 Å². The Morgan fingerprint density at radius 2 is 1.50 bits per heavy atom. The zero-order valence-corrected chi connectivity index (χ0v) is 23.2. The number of amides is 3. The standard InChI is InChI=1S/C25H47N3O5S/c1-9-10-11-12-21(29)28-22(17(4)5)25(32)26-19(13-14-34-8)24(31)27-20(15-16(2)3)23(30)18(6)33-7/h16-20,22H,9-15H2,1-8H3,(H,26,32)(H,27,31)(H,28,29)/t18?,19-,20-,22-/m0/s1. The highest BCUT2D eigenvalue weighted by Crippen LogP contribution is 2.11. The van der Waals surface area contributed by atoms with Crippen molar-refractivity contribution < 1.29 is 23.9 Å². The molecule has 3 amide bonds. The summed E-state index contributed by atoms with van der Waals surface area (Å²) in [7, 11) is 1.46. The summed E-state index contributed by atoms with van der Waals surface area (Å²) in [5.41, 5.74) is 0. The normalized spacial score (nSPS) is 14.9. The summed E-state index contributed by atoms with van der Waals surface area (Å²) in [4.78, 5) is 51.3. The number of methoxy groups -OCH3 is 1. The molecule has 4 atom stereocenters. The Balaban J connectivity index is 5.44. The maximum atomic E-state index is 13.2. The average molecular weight is 502 g/mol.